The Morgan fingerprint density at radius 2 is 2.06 bits per heavy atom. The van der Waals surface area contributed by atoms with E-state index in [1.807, 2.05) is 31.2 Å². The maximum absolute atomic E-state index is 11.5. The second-order valence-corrected chi connectivity index (χ2v) is 3.43. The van der Waals surface area contributed by atoms with Crippen LogP contribution < -0.4 is 10.3 Å². The molecule has 0 radical (unpaired) electrons. The summed E-state index contributed by atoms with van der Waals surface area (Å²) in [6, 6.07) is 7.74. The molecule has 2 aromatic rings. The van der Waals surface area contributed by atoms with Gasteiger partial charge in [0.2, 0.25) is 5.75 Å². The number of hydrogen-bond donors (Lipinski definition) is 1. The van der Waals surface area contributed by atoms with Crippen molar-refractivity contribution in [3.63, 3.8) is 0 Å². The van der Waals surface area contributed by atoms with Gasteiger partial charge >= 0.3 is 0 Å². The maximum Gasteiger partial charge on any atom is 0.293 e. The third-order valence-corrected chi connectivity index (χ3v) is 2.41. The van der Waals surface area contributed by atoms with Crippen LogP contribution in [-0.4, -0.2) is 17.1 Å². The molecule has 1 N–H and O–H groups in total. The Labute approximate surface area is 92.9 Å². The number of methoxy groups -OCH3 is 1. The van der Waals surface area contributed by atoms with Gasteiger partial charge in [0.15, 0.2) is 0 Å². The molecule has 4 nitrogen and oxygen atoms in total. The lowest BCUT2D eigenvalue weighted by molar-refractivity contribution is 0.408. The zero-order valence-electron chi connectivity index (χ0n) is 9.15. The van der Waals surface area contributed by atoms with Gasteiger partial charge in [0.05, 0.1) is 13.4 Å². The number of aryl methyl sites for hydroxylation is 1. The second-order valence-electron chi connectivity index (χ2n) is 3.43. The Morgan fingerprint density at radius 3 is 2.75 bits per heavy atom. The molecule has 0 amide bonds. The molecule has 0 aliphatic rings. The maximum atomic E-state index is 11.5. The molecule has 0 atom stereocenters. The zero-order valence-corrected chi connectivity index (χ0v) is 9.15. The SMILES string of the molecule is COc1c(-c2ccccc2C)nc[nH]c1=O. The van der Waals surface area contributed by atoms with Crippen molar-refractivity contribution in [3.8, 4) is 17.0 Å². The smallest absolute Gasteiger partial charge is 0.293 e. The molecule has 82 valence electrons. The summed E-state index contributed by atoms with van der Waals surface area (Å²) in [5.41, 5.74) is 2.27. The molecule has 16 heavy (non-hydrogen) atoms. The summed E-state index contributed by atoms with van der Waals surface area (Å²) in [6.45, 7) is 1.97. The van der Waals surface area contributed by atoms with Crippen LogP contribution in [0.4, 0.5) is 0 Å². The van der Waals surface area contributed by atoms with E-state index in [0.717, 1.165) is 11.1 Å². The highest BCUT2D eigenvalue weighted by molar-refractivity contribution is 5.68. The molecule has 2 rings (SSSR count). The highest BCUT2D eigenvalue weighted by Gasteiger charge is 2.12. The van der Waals surface area contributed by atoms with Crippen molar-refractivity contribution in [1.82, 2.24) is 9.97 Å². The van der Waals surface area contributed by atoms with Crippen LogP contribution in [0.2, 0.25) is 0 Å². The van der Waals surface area contributed by atoms with Crippen LogP contribution in [0.15, 0.2) is 35.4 Å². The largest absolute Gasteiger partial charge is 0.490 e. The fraction of sp³-hybridized carbons (Fsp3) is 0.167. The molecule has 0 fully saturated rings. The Hall–Kier alpha value is -2.10. The van der Waals surface area contributed by atoms with Crippen molar-refractivity contribution in [1.29, 1.82) is 0 Å². The number of nitrogens with one attached hydrogen (secondary N) is 1. The van der Waals surface area contributed by atoms with Crippen molar-refractivity contribution >= 4 is 0 Å². The number of nitrogens with zero attached hydrogens (tertiary/aromatic N) is 1. The number of hydrogen-bond acceptors (Lipinski definition) is 3. The fourth-order valence-corrected chi connectivity index (χ4v) is 1.61. The quantitative estimate of drug-likeness (QED) is 0.832. The van der Waals surface area contributed by atoms with Gasteiger partial charge in [-0.15, -0.1) is 0 Å². The van der Waals surface area contributed by atoms with E-state index in [1.165, 1.54) is 13.4 Å². The van der Waals surface area contributed by atoms with E-state index in [2.05, 4.69) is 9.97 Å². The van der Waals surface area contributed by atoms with Gasteiger partial charge in [-0.2, -0.15) is 0 Å². The molecule has 1 aromatic heterocycles. The van der Waals surface area contributed by atoms with Crippen molar-refractivity contribution in [2.24, 2.45) is 0 Å². The molecular formula is C12H12N2O2. The van der Waals surface area contributed by atoms with Gasteiger partial charge in [0.25, 0.3) is 5.56 Å². The van der Waals surface area contributed by atoms with Gasteiger partial charge in [-0.1, -0.05) is 24.3 Å². The van der Waals surface area contributed by atoms with Gasteiger partial charge in [0, 0.05) is 5.56 Å². The summed E-state index contributed by atoms with van der Waals surface area (Å²) < 4.78 is 5.08. The summed E-state index contributed by atoms with van der Waals surface area (Å²) in [6.07, 6.45) is 1.38. The van der Waals surface area contributed by atoms with Crippen molar-refractivity contribution in [3.05, 3.63) is 46.5 Å². The molecule has 4 heteroatoms. The highest BCUT2D eigenvalue weighted by Crippen LogP contribution is 2.26. The van der Waals surface area contributed by atoms with Gasteiger partial charge in [0.1, 0.15) is 5.69 Å². The lowest BCUT2D eigenvalue weighted by Gasteiger charge is -2.08. The molecule has 1 heterocycles. The third kappa shape index (κ3) is 1.69. The molecule has 1 aromatic carbocycles. The van der Waals surface area contributed by atoms with Crippen molar-refractivity contribution in [2.75, 3.05) is 7.11 Å². The summed E-state index contributed by atoms with van der Waals surface area (Å²) >= 11 is 0. The number of ether oxygens (including phenoxy) is 1. The number of H-pyrrole nitrogens is 1. The van der Waals surface area contributed by atoms with E-state index < -0.39 is 0 Å². The number of benzene rings is 1. The Balaban J connectivity index is 2.70. The topological polar surface area (TPSA) is 55.0 Å². The minimum absolute atomic E-state index is 0.247. The van der Waals surface area contributed by atoms with E-state index in [4.69, 9.17) is 4.74 Å². The van der Waals surface area contributed by atoms with Crippen LogP contribution in [0.3, 0.4) is 0 Å². The number of rotatable bonds is 2. The van der Waals surface area contributed by atoms with E-state index in [1.54, 1.807) is 0 Å². The Bertz CT molecular complexity index is 561. The Kier molecular flexibility index (Phi) is 2.72. The van der Waals surface area contributed by atoms with Crippen LogP contribution in [0, 0.1) is 6.92 Å². The molecule has 0 aliphatic heterocycles. The van der Waals surface area contributed by atoms with E-state index >= 15 is 0 Å². The molecule has 0 saturated heterocycles. The van der Waals surface area contributed by atoms with Gasteiger partial charge in [-0.3, -0.25) is 4.79 Å². The van der Waals surface area contributed by atoms with E-state index in [-0.39, 0.29) is 11.3 Å². The fourth-order valence-electron chi connectivity index (χ4n) is 1.61. The lowest BCUT2D eigenvalue weighted by Crippen LogP contribution is -2.11. The van der Waals surface area contributed by atoms with Gasteiger partial charge in [-0.25, -0.2) is 4.98 Å². The first-order chi connectivity index (χ1) is 7.74. The van der Waals surface area contributed by atoms with Crippen molar-refractivity contribution in [2.45, 2.75) is 6.92 Å². The van der Waals surface area contributed by atoms with Crippen LogP contribution in [0.1, 0.15) is 5.56 Å². The average Bonchev–Trinajstić information content (AvgIpc) is 2.29. The van der Waals surface area contributed by atoms with Crippen LogP contribution in [0.5, 0.6) is 5.75 Å². The van der Waals surface area contributed by atoms with Crippen LogP contribution in [-0.2, 0) is 0 Å². The lowest BCUT2D eigenvalue weighted by atomic mass is 10.1. The predicted octanol–water partition coefficient (Wildman–Crippen LogP) is 1.75. The van der Waals surface area contributed by atoms with Crippen LogP contribution >= 0.6 is 0 Å². The second kappa shape index (κ2) is 4.18. The molecule has 0 aliphatic carbocycles. The first-order valence-corrected chi connectivity index (χ1v) is 4.91. The minimum Gasteiger partial charge on any atom is -0.490 e. The molecule has 0 spiro atoms. The molecule has 0 bridgehead atoms. The van der Waals surface area contributed by atoms with Gasteiger partial charge in [-0.05, 0) is 12.5 Å². The predicted molar refractivity (Wildman–Crippen MR) is 61.6 cm³/mol. The highest BCUT2D eigenvalue weighted by atomic mass is 16.5. The Morgan fingerprint density at radius 1 is 1.31 bits per heavy atom. The molecule has 0 saturated carbocycles. The molecular weight excluding hydrogens is 204 g/mol. The first kappa shape index (κ1) is 10.4. The standard InChI is InChI=1S/C12H12N2O2/c1-8-5-3-4-6-9(8)10-11(16-2)12(15)14-7-13-10/h3-7H,1-2H3,(H,13,14,15). The first-order valence-electron chi connectivity index (χ1n) is 4.91. The van der Waals surface area contributed by atoms with Crippen molar-refractivity contribution < 1.29 is 4.74 Å². The van der Waals surface area contributed by atoms with Gasteiger partial charge < -0.3 is 9.72 Å². The third-order valence-electron chi connectivity index (χ3n) is 2.41. The number of aromatic amines is 1. The van der Waals surface area contributed by atoms with Crippen LogP contribution in [0.25, 0.3) is 11.3 Å². The average molecular weight is 216 g/mol. The van der Waals surface area contributed by atoms with E-state index in [0.29, 0.717) is 5.69 Å². The summed E-state index contributed by atoms with van der Waals surface area (Å²) in [7, 11) is 1.47. The summed E-state index contributed by atoms with van der Waals surface area (Å²) in [4.78, 5) is 18.2. The normalized spacial score (nSPS) is 10.1. The summed E-state index contributed by atoms with van der Waals surface area (Å²) in [5.74, 6) is 0.247. The monoisotopic (exact) mass is 216 g/mol. The minimum atomic E-state index is -0.268. The van der Waals surface area contributed by atoms with E-state index in [9.17, 15) is 4.79 Å². The molecule has 0 unspecified atom stereocenters. The summed E-state index contributed by atoms with van der Waals surface area (Å²) in [5, 5.41) is 0. The number of aromatic nitrogens is 2. The zero-order chi connectivity index (χ0) is 11.5.